The normalized spacial score (nSPS) is 10.1. The lowest BCUT2D eigenvalue weighted by molar-refractivity contribution is 1.53. The van der Waals surface area contributed by atoms with Crippen LogP contribution in [0.25, 0.3) is 5.57 Å². The monoisotopic (exact) mass is 273 g/mol. The van der Waals surface area contributed by atoms with Gasteiger partial charge in [0.25, 0.3) is 0 Å². The van der Waals surface area contributed by atoms with E-state index in [1.54, 1.807) is 0 Å². The number of benzene rings is 2. The maximum Gasteiger partial charge on any atom is 0.0394 e. The second-order valence-corrected chi connectivity index (χ2v) is 4.49. The number of hydrogen-bond acceptors (Lipinski definition) is 1. The summed E-state index contributed by atoms with van der Waals surface area (Å²) in [5.74, 6) is 0. The number of rotatable bonds is 2. The Morgan fingerprint density at radius 1 is 1.06 bits per heavy atom. The van der Waals surface area contributed by atoms with Crippen molar-refractivity contribution >= 4 is 27.2 Å². The van der Waals surface area contributed by atoms with Gasteiger partial charge in [0.05, 0.1) is 0 Å². The molecule has 0 amide bonds. The molecular weight excluding hydrogens is 262 g/mol. The van der Waals surface area contributed by atoms with Gasteiger partial charge in [-0.25, -0.2) is 0 Å². The molecule has 1 nitrogen and oxygen atoms in total. The number of nitrogen functional groups attached to an aromatic ring is 1. The zero-order valence-corrected chi connectivity index (χ0v) is 10.4. The molecule has 0 atom stereocenters. The third kappa shape index (κ3) is 2.17. The number of nitrogens with two attached hydrogens (primary N) is 1. The van der Waals surface area contributed by atoms with Gasteiger partial charge in [0.1, 0.15) is 0 Å². The Kier molecular flexibility index (Phi) is 3.11. The quantitative estimate of drug-likeness (QED) is 0.820. The minimum Gasteiger partial charge on any atom is -0.398 e. The van der Waals surface area contributed by atoms with Gasteiger partial charge >= 0.3 is 0 Å². The van der Waals surface area contributed by atoms with E-state index in [2.05, 4.69) is 22.5 Å². The minimum absolute atomic E-state index is 0.747. The number of halogens is 1. The highest BCUT2D eigenvalue weighted by molar-refractivity contribution is 9.10. The van der Waals surface area contributed by atoms with Crippen LogP contribution < -0.4 is 5.73 Å². The van der Waals surface area contributed by atoms with E-state index < -0.39 is 0 Å². The molecule has 0 aliphatic rings. The van der Waals surface area contributed by atoms with Crippen molar-refractivity contribution < 1.29 is 0 Å². The predicted octanol–water partition coefficient (Wildman–Crippen LogP) is 4.09. The molecule has 2 aromatic carbocycles. The van der Waals surface area contributed by atoms with E-state index in [4.69, 9.17) is 5.73 Å². The lowest BCUT2D eigenvalue weighted by Crippen LogP contribution is -1.94. The lowest BCUT2D eigenvalue weighted by Gasteiger charge is -2.09. The van der Waals surface area contributed by atoms with Crippen molar-refractivity contribution in [3.05, 3.63) is 70.7 Å². The maximum atomic E-state index is 5.95. The molecule has 2 heteroatoms. The minimum atomic E-state index is 0.747. The van der Waals surface area contributed by atoms with E-state index >= 15 is 0 Å². The van der Waals surface area contributed by atoms with Crippen molar-refractivity contribution in [1.29, 1.82) is 0 Å². The summed E-state index contributed by atoms with van der Waals surface area (Å²) in [5, 5.41) is 0. The van der Waals surface area contributed by atoms with Crippen LogP contribution in [0.1, 0.15) is 11.1 Å². The maximum absolute atomic E-state index is 5.95. The summed E-state index contributed by atoms with van der Waals surface area (Å²) in [5.41, 5.74) is 9.70. The molecule has 0 saturated heterocycles. The molecule has 2 rings (SSSR count). The molecule has 0 aliphatic carbocycles. The summed E-state index contributed by atoms with van der Waals surface area (Å²) in [6.07, 6.45) is 0. The first-order chi connectivity index (χ1) is 7.68. The summed E-state index contributed by atoms with van der Waals surface area (Å²) < 4.78 is 1.01. The van der Waals surface area contributed by atoms with Gasteiger partial charge in [0, 0.05) is 15.7 Å². The van der Waals surface area contributed by atoms with Crippen LogP contribution in [0.3, 0.4) is 0 Å². The average molecular weight is 274 g/mol. The first-order valence-electron chi connectivity index (χ1n) is 4.98. The third-order valence-electron chi connectivity index (χ3n) is 2.46. The SMILES string of the molecule is C=C(c1ccccc1)c1cc(Br)ccc1N. The van der Waals surface area contributed by atoms with Crippen LogP contribution in [0.15, 0.2) is 59.6 Å². The molecule has 0 bridgehead atoms. The van der Waals surface area contributed by atoms with E-state index in [1.165, 1.54) is 0 Å². The highest BCUT2D eigenvalue weighted by atomic mass is 79.9. The molecule has 2 N–H and O–H groups in total. The molecule has 2 aromatic rings. The Labute approximate surface area is 104 Å². The van der Waals surface area contributed by atoms with E-state index in [0.29, 0.717) is 0 Å². The molecule has 0 aliphatic heterocycles. The molecule has 0 spiro atoms. The fourth-order valence-corrected chi connectivity index (χ4v) is 1.95. The number of anilines is 1. The lowest BCUT2D eigenvalue weighted by atomic mass is 9.98. The topological polar surface area (TPSA) is 26.0 Å². The molecular formula is C14H12BrN. The van der Waals surface area contributed by atoms with Crippen molar-refractivity contribution in [1.82, 2.24) is 0 Å². The Morgan fingerprint density at radius 3 is 2.44 bits per heavy atom. The highest BCUT2D eigenvalue weighted by Crippen LogP contribution is 2.28. The van der Waals surface area contributed by atoms with Crippen molar-refractivity contribution in [2.24, 2.45) is 0 Å². The smallest absolute Gasteiger partial charge is 0.0394 e. The molecule has 0 unspecified atom stereocenters. The van der Waals surface area contributed by atoms with E-state index in [0.717, 1.165) is 26.9 Å². The Hall–Kier alpha value is -1.54. The summed E-state index contributed by atoms with van der Waals surface area (Å²) in [6.45, 7) is 4.10. The van der Waals surface area contributed by atoms with Crippen LogP contribution in [0.4, 0.5) is 5.69 Å². The van der Waals surface area contributed by atoms with Gasteiger partial charge in [0.2, 0.25) is 0 Å². The van der Waals surface area contributed by atoms with Crippen molar-refractivity contribution in [2.45, 2.75) is 0 Å². The third-order valence-corrected chi connectivity index (χ3v) is 2.96. The molecule has 0 aromatic heterocycles. The summed E-state index contributed by atoms with van der Waals surface area (Å²) >= 11 is 3.44. The van der Waals surface area contributed by atoms with Crippen molar-refractivity contribution in [2.75, 3.05) is 5.73 Å². The van der Waals surface area contributed by atoms with Gasteiger partial charge < -0.3 is 5.73 Å². The largest absolute Gasteiger partial charge is 0.398 e. The van der Waals surface area contributed by atoms with Crippen LogP contribution in [-0.2, 0) is 0 Å². The molecule has 0 heterocycles. The summed E-state index contributed by atoms with van der Waals surface area (Å²) in [7, 11) is 0. The van der Waals surface area contributed by atoms with Crippen LogP contribution >= 0.6 is 15.9 Å². The fraction of sp³-hybridized carbons (Fsp3) is 0. The van der Waals surface area contributed by atoms with E-state index in [-0.39, 0.29) is 0 Å². The first-order valence-corrected chi connectivity index (χ1v) is 5.77. The second kappa shape index (κ2) is 4.54. The van der Waals surface area contributed by atoms with Crippen LogP contribution in [0.5, 0.6) is 0 Å². The van der Waals surface area contributed by atoms with Gasteiger partial charge in [-0.15, -0.1) is 0 Å². The van der Waals surface area contributed by atoms with Gasteiger partial charge in [0.15, 0.2) is 0 Å². The van der Waals surface area contributed by atoms with Gasteiger partial charge in [-0.2, -0.15) is 0 Å². The molecule has 0 fully saturated rings. The molecule has 80 valence electrons. The molecule has 16 heavy (non-hydrogen) atoms. The van der Waals surface area contributed by atoms with Crippen LogP contribution in [-0.4, -0.2) is 0 Å². The fourth-order valence-electron chi connectivity index (χ4n) is 1.58. The van der Waals surface area contributed by atoms with Crippen LogP contribution in [0, 0.1) is 0 Å². The standard InChI is InChI=1S/C14H12BrN/c1-10(11-5-3-2-4-6-11)13-9-12(15)7-8-14(13)16/h2-9H,1,16H2. The molecule has 0 saturated carbocycles. The van der Waals surface area contributed by atoms with E-state index in [1.807, 2.05) is 48.5 Å². The predicted molar refractivity (Wildman–Crippen MR) is 73.1 cm³/mol. The average Bonchev–Trinajstić information content (AvgIpc) is 2.32. The zero-order valence-electron chi connectivity index (χ0n) is 8.78. The summed E-state index contributed by atoms with van der Waals surface area (Å²) in [6, 6.07) is 15.8. The second-order valence-electron chi connectivity index (χ2n) is 3.58. The Bertz CT molecular complexity index is 518. The summed E-state index contributed by atoms with van der Waals surface area (Å²) in [4.78, 5) is 0. The van der Waals surface area contributed by atoms with Gasteiger partial charge in [-0.1, -0.05) is 52.8 Å². The van der Waals surface area contributed by atoms with Crippen molar-refractivity contribution in [3.8, 4) is 0 Å². The van der Waals surface area contributed by atoms with Gasteiger partial charge in [-0.3, -0.25) is 0 Å². The number of hydrogen-bond donors (Lipinski definition) is 1. The Morgan fingerprint density at radius 2 is 1.75 bits per heavy atom. The Balaban J connectivity index is 2.46. The van der Waals surface area contributed by atoms with Crippen molar-refractivity contribution in [3.63, 3.8) is 0 Å². The van der Waals surface area contributed by atoms with E-state index in [9.17, 15) is 0 Å². The first kappa shape index (κ1) is 11.0. The molecule has 0 radical (unpaired) electrons. The van der Waals surface area contributed by atoms with Crippen LogP contribution in [0.2, 0.25) is 0 Å². The zero-order chi connectivity index (χ0) is 11.5. The highest BCUT2D eigenvalue weighted by Gasteiger charge is 2.06. The van der Waals surface area contributed by atoms with Gasteiger partial charge in [-0.05, 0) is 29.3 Å².